The van der Waals surface area contributed by atoms with Crippen molar-refractivity contribution in [1.82, 2.24) is 19.9 Å². The van der Waals surface area contributed by atoms with E-state index in [1.54, 1.807) is 31.1 Å². The van der Waals surface area contributed by atoms with Crippen molar-refractivity contribution in [2.45, 2.75) is 25.4 Å². The van der Waals surface area contributed by atoms with E-state index in [1.807, 2.05) is 12.1 Å². The number of halogens is 1. The average molecular weight is 335 g/mol. The molecule has 23 heavy (non-hydrogen) atoms. The Bertz CT molecular complexity index is 701. The molecule has 0 N–H and O–H groups in total. The fraction of sp³-hybridized carbons (Fsp3) is 0.438. The topological polar surface area (TPSA) is 62.5 Å². The minimum Gasteiger partial charge on any atom is -0.347 e. The highest BCUT2D eigenvalue weighted by molar-refractivity contribution is 6.30. The lowest BCUT2D eigenvalue weighted by atomic mass is 10.2. The Morgan fingerprint density at radius 2 is 2.30 bits per heavy atom. The van der Waals surface area contributed by atoms with Crippen molar-refractivity contribution in [2.24, 2.45) is 0 Å². The second kappa shape index (κ2) is 6.68. The molecule has 1 aliphatic heterocycles. The summed E-state index contributed by atoms with van der Waals surface area (Å²) in [6, 6.07) is 7.19. The summed E-state index contributed by atoms with van der Waals surface area (Å²) in [4.78, 5) is 20.4. The predicted octanol–water partition coefficient (Wildman–Crippen LogP) is 2.44. The lowest BCUT2D eigenvalue weighted by Crippen LogP contribution is -2.42. The van der Waals surface area contributed by atoms with Gasteiger partial charge in [0.15, 0.2) is 5.82 Å². The van der Waals surface area contributed by atoms with Gasteiger partial charge in [-0.05, 0) is 37.6 Å². The first-order valence-corrected chi connectivity index (χ1v) is 7.96. The summed E-state index contributed by atoms with van der Waals surface area (Å²) < 4.78 is 5.32. The van der Waals surface area contributed by atoms with Crippen molar-refractivity contribution in [3.8, 4) is 11.5 Å². The van der Waals surface area contributed by atoms with Crippen LogP contribution in [0.1, 0.15) is 18.7 Å². The molecule has 0 aliphatic carbocycles. The summed E-state index contributed by atoms with van der Waals surface area (Å²) in [5.74, 6) is 1.15. The molecule has 1 aromatic carbocycles. The molecule has 1 unspecified atom stereocenters. The SMILES string of the molecule is CN(C)C(=O)C1CCCN1Cc1noc(-c2cccc(Cl)c2)n1. The third-order valence-electron chi connectivity index (χ3n) is 3.97. The van der Waals surface area contributed by atoms with Gasteiger partial charge < -0.3 is 9.42 Å². The number of likely N-dealkylation sites (N-methyl/N-ethyl adjacent to an activating group) is 1. The molecule has 1 fully saturated rings. The molecule has 1 aliphatic rings. The summed E-state index contributed by atoms with van der Waals surface area (Å²) in [5, 5.41) is 4.65. The molecule has 1 aromatic heterocycles. The quantitative estimate of drug-likeness (QED) is 0.859. The van der Waals surface area contributed by atoms with Gasteiger partial charge in [-0.2, -0.15) is 4.98 Å². The Labute approximate surface area is 140 Å². The number of carbonyl (C=O) groups is 1. The molecule has 1 saturated heterocycles. The van der Waals surface area contributed by atoms with E-state index in [0.717, 1.165) is 24.9 Å². The number of amides is 1. The Balaban J connectivity index is 1.73. The predicted molar refractivity (Wildman–Crippen MR) is 86.9 cm³/mol. The van der Waals surface area contributed by atoms with Gasteiger partial charge in [-0.15, -0.1) is 0 Å². The Kier molecular flexibility index (Phi) is 4.63. The van der Waals surface area contributed by atoms with Crippen LogP contribution in [-0.4, -0.2) is 52.5 Å². The molecule has 6 nitrogen and oxygen atoms in total. The molecule has 0 bridgehead atoms. The van der Waals surface area contributed by atoms with Gasteiger partial charge >= 0.3 is 0 Å². The first kappa shape index (κ1) is 16.0. The smallest absolute Gasteiger partial charge is 0.258 e. The van der Waals surface area contributed by atoms with Gasteiger partial charge in [-0.3, -0.25) is 9.69 Å². The molecule has 0 spiro atoms. The second-order valence-corrected chi connectivity index (χ2v) is 6.32. The van der Waals surface area contributed by atoms with E-state index >= 15 is 0 Å². The van der Waals surface area contributed by atoms with Crippen LogP contribution < -0.4 is 0 Å². The average Bonchev–Trinajstić information content (AvgIpc) is 3.16. The van der Waals surface area contributed by atoms with E-state index in [1.165, 1.54) is 0 Å². The lowest BCUT2D eigenvalue weighted by molar-refractivity contribution is -0.133. The van der Waals surface area contributed by atoms with Crippen molar-refractivity contribution in [1.29, 1.82) is 0 Å². The molecule has 3 rings (SSSR count). The third kappa shape index (κ3) is 3.54. The van der Waals surface area contributed by atoms with Gasteiger partial charge in [0.1, 0.15) is 0 Å². The van der Waals surface area contributed by atoms with Crippen LogP contribution in [-0.2, 0) is 11.3 Å². The molecule has 0 saturated carbocycles. The zero-order chi connectivity index (χ0) is 16.4. The summed E-state index contributed by atoms with van der Waals surface area (Å²) in [6.07, 6.45) is 1.87. The number of nitrogens with zero attached hydrogens (tertiary/aromatic N) is 4. The summed E-state index contributed by atoms with van der Waals surface area (Å²) in [7, 11) is 3.56. The maximum atomic E-state index is 12.2. The minimum absolute atomic E-state index is 0.0990. The van der Waals surface area contributed by atoms with E-state index < -0.39 is 0 Å². The van der Waals surface area contributed by atoms with Crippen LogP contribution in [0.15, 0.2) is 28.8 Å². The number of benzene rings is 1. The van der Waals surface area contributed by atoms with Crippen molar-refractivity contribution in [3.63, 3.8) is 0 Å². The molecule has 0 radical (unpaired) electrons. The zero-order valence-electron chi connectivity index (χ0n) is 13.2. The zero-order valence-corrected chi connectivity index (χ0v) is 14.0. The molecular formula is C16H19ClN4O2. The Hall–Kier alpha value is -1.92. The van der Waals surface area contributed by atoms with Crippen molar-refractivity contribution >= 4 is 17.5 Å². The van der Waals surface area contributed by atoms with Crippen molar-refractivity contribution < 1.29 is 9.32 Å². The number of rotatable bonds is 4. The number of likely N-dealkylation sites (tertiary alicyclic amines) is 1. The summed E-state index contributed by atoms with van der Waals surface area (Å²) in [6.45, 7) is 1.37. The van der Waals surface area contributed by atoms with Crippen LogP contribution in [0.3, 0.4) is 0 Å². The summed E-state index contributed by atoms with van der Waals surface area (Å²) in [5.41, 5.74) is 0.790. The van der Waals surface area contributed by atoms with Gasteiger partial charge in [0.2, 0.25) is 5.91 Å². The number of aromatic nitrogens is 2. The van der Waals surface area contributed by atoms with Gasteiger partial charge in [0.25, 0.3) is 5.89 Å². The standard InChI is InChI=1S/C16H19ClN4O2/c1-20(2)16(22)13-7-4-8-21(13)10-14-18-15(23-19-14)11-5-3-6-12(17)9-11/h3,5-6,9,13H,4,7-8,10H2,1-2H3. The first-order chi connectivity index (χ1) is 11.0. The van der Waals surface area contributed by atoms with Gasteiger partial charge in [0.05, 0.1) is 12.6 Å². The number of hydrogen-bond donors (Lipinski definition) is 0. The van der Waals surface area contributed by atoms with E-state index in [0.29, 0.717) is 23.3 Å². The van der Waals surface area contributed by atoms with E-state index in [2.05, 4.69) is 15.0 Å². The van der Waals surface area contributed by atoms with Gasteiger partial charge in [-0.1, -0.05) is 22.8 Å². The highest BCUT2D eigenvalue weighted by Gasteiger charge is 2.32. The molecule has 1 atom stereocenters. The molecule has 2 heterocycles. The third-order valence-corrected chi connectivity index (χ3v) is 4.21. The normalized spacial score (nSPS) is 18.3. The van der Waals surface area contributed by atoms with E-state index in [-0.39, 0.29) is 11.9 Å². The fourth-order valence-corrected chi connectivity index (χ4v) is 3.02. The minimum atomic E-state index is -0.0990. The van der Waals surface area contributed by atoms with Crippen LogP contribution in [0.25, 0.3) is 11.5 Å². The van der Waals surface area contributed by atoms with Crippen LogP contribution in [0.2, 0.25) is 5.02 Å². The maximum absolute atomic E-state index is 12.2. The molecule has 1 amide bonds. The van der Waals surface area contributed by atoms with Crippen LogP contribution >= 0.6 is 11.6 Å². The Morgan fingerprint density at radius 1 is 1.48 bits per heavy atom. The monoisotopic (exact) mass is 334 g/mol. The van der Waals surface area contributed by atoms with Crippen LogP contribution in [0.4, 0.5) is 0 Å². The van der Waals surface area contributed by atoms with Crippen LogP contribution in [0, 0.1) is 0 Å². The van der Waals surface area contributed by atoms with Crippen LogP contribution in [0.5, 0.6) is 0 Å². The highest BCUT2D eigenvalue weighted by Crippen LogP contribution is 2.23. The van der Waals surface area contributed by atoms with Crippen molar-refractivity contribution in [2.75, 3.05) is 20.6 Å². The van der Waals surface area contributed by atoms with Crippen molar-refractivity contribution in [3.05, 3.63) is 35.1 Å². The van der Waals surface area contributed by atoms with E-state index in [9.17, 15) is 4.79 Å². The fourth-order valence-electron chi connectivity index (χ4n) is 2.83. The Morgan fingerprint density at radius 3 is 3.04 bits per heavy atom. The highest BCUT2D eigenvalue weighted by atomic mass is 35.5. The molecule has 122 valence electrons. The first-order valence-electron chi connectivity index (χ1n) is 7.58. The maximum Gasteiger partial charge on any atom is 0.258 e. The second-order valence-electron chi connectivity index (χ2n) is 5.89. The van der Waals surface area contributed by atoms with E-state index in [4.69, 9.17) is 16.1 Å². The summed E-state index contributed by atoms with van der Waals surface area (Å²) >= 11 is 5.98. The number of hydrogen-bond acceptors (Lipinski definition) is 5. The molecule has 2 aromatic rings. The van der Waals surface area contributed by atoms with Gasteiger partial charge in [0, 0.05) is 24.7 Å². The largest absolute Gasteiger partial charge is 0.347 e. The number of carbonyl (C=O) groups excluding carboxylic acids is 1. The molecular weight excluding hydrogens is 316 g/mol. The van der Waals surface area contributed by atoms with Gasteiger partial charge in [-0.25, -0.2) is 0 Å². The lowest BCUT2D eigenvalue weighted by Gasteiger charge is -2.24. The molecule has 7 heteroatoms.